The van der Waals surface area contributed by atoms with Gasteiger partial charge in [-0.05, 0) is 59.4 Å². The van der Waals surface area contributed by atoms with Crippen molar-refractivity contribution in [1.29, 1.82) is 0 Å². The number of hydrogen-bond acceptors (Lipinski definition) is 2. The maximum atomic E-state index is 6.00. The lowest BCUT2D eigenvalue weighted by atomic mass is 9.84. The maximum Gasteiger partial charge on any atom is 0.133 e. The molecule has 18 heavy (non-hydrogen) atoms. The maximum absolute atomic E-state index is 6.00. The van der Waals surface area contributed by atoms with Crippen LogP contribution in [0.5, 0.6) is 5.75 Å². The van der Waals surface area contributed by atoms with Gasteiger partial charge >= 0.3 is 0 Å². The third-order valence-corrected chi connectivity index (χ3v) is 4.39. The van der Waals surface area contributed by atoms with E-state index in [-0.39, 0.29) is 0 Å². The zero-order chi connectivity index (χ0) is 13.1. The lowest BCUT2D eigenvalue weighted by Gasteiger charge is -2.34. The first-order valence-corrected chi connectivity index (χ1v) is 7.46. The van der Waals surface area contributed by atoms with Gasteiger partial charge in [-0.3, -0.25) is 0 Å². The molecule has 0 amide bonds. The van der Waals surface area contributed by atoms with Crippen molar-refractivity contribution in [2.75, 3.05) is 20.7 Å². The predicted octanol–water partition coefficient (Wildman–Crippen LogP) is 3.91. The Labute approximate surface area is 122 Å². The monoisotopic (exact) mass is 331 g/mol. The molecule has 1 aliphatic carbocycles. The van der Waals surface area contributed by atoms with Gasteiger partial charge in [-0.2, -0.15) is 0 Å². The Morgan fingerprint density at radius 3 is 2.72 bits per heavy atom. The Hall–Kier alpha value is -0.250. The molecule has 100 valence electrons. The van der Waals surface area contributed by atoms with Gasteiger partial charge in [-0.15, -0.1) is 11.6 Å². The van der Waals surface area contributed by atoms with Crippen molar-refractivity contribution in [2.45, 2.75) is 24.8 Å². The molecule has 0 unspecified atom stereocenters. The first-order chi connectivity index (χ1) is 8.58. The first-order valence-electron chi connectivity index (χ1n) is 6.23. The van der Waals surface area contributed by atoms with Gasteiger partial charge in [0.25, 0.3) is 0 Å². The van der Waals surface area contributed by atoms with Crippen LogP contribution >= 0.6 is 27.5 Å². The molecular formula is C14H19BrClNO. The number of hydrogen-bond donors (Lipinski definition) is 0. The van der Waals surface area contributed by atoms with Crippen molar-refractivity contribution in [2.24, 2.45) is 5.92 Å². The fourth-order valence-corrected chi connectivity index (χ4v) is 3.52. The van der Waals surface area contributed by atoms with Gasteiger partial charge in [0.15, 0.2) is 0 Å². The Morgan fingerprint density at radius 1 is 1.44 bits per heavy atom. The molecule has 4 heteroatoms. The summed E-state index contributed by atoms with van der Waals surface area (Å²) in [6.07, 6.45) is 2.33. The summed E-state index contributed by atoms with van der Waals surface area (Å²) in [5.41, 5.74) is 1.30. The molecule has 1 aromatic carbocycles. The van der Waals surface area contributed by atoms with E-state index in [0.717, 1.165) is 42.1 Å². The standard InChI is InChI=1S/C14H19BrClNO/c1-17(9-11-5-12(16)6-11)8-10-3-4-14(18-2)13(15)7-10/h3-4,7,11-12H,5-6,8-9H2,1-2H3. The van der Waals surface area contributed by atoms with Crippen LogP contribution in [0.3, 0.4) is 0 Å². The fraction of sp³-hybridized carbons (Fsp3) is 0.571. The zero-order valence-electron chi connectivity index (χ0n) is 10.8. The molecule has 0 heterocycles. The molecule has 1 saturated carbocycles. The normalized spacial score (nSPS) is 22.9. The van der Waals surface area contributed by atoms with Crippen LogP contribution in [0.4, 0.5) is 0 Å². The minimum Gasteiger partial charge on any atom is -0.496 e. The van der Waals surface area contributed by atoms with Crippen molar-refractivity contribution in [1.82, 2.24) is 4.90 Å². The van der Waals surface area contributed by atoms with Crippen molar-refractivity contribution < 1.29 is 4.74 Å². The molecule has 0 saturated heterocycles. The van der Waals surface area contributed by atoms with Crippen LogP contribution in [-0.2, 0) is 6.54 Å². The van der Waals surface area contributed by atoms with Gasteiger partial charge in [-0.1, -0.05) is 6.07 Å². The summed E-state index contributed by atoms with van der Waals surface area (Å²) in [5.74, 6) is 1.66. The highest BCUT2D eigenvalue weighted by molar-refractivity contribution is 9.10. The number of nitrogens with zero attached hydrogens (tertiary/aromatic N) is 1. The Morgan fingerprint density at radius 2 is 2.17 bits per heavy atom. The topological polar surface area (TPSA) is 12.5 Å². The van der Waals surface area contributed by atoms with E-state index in [2.05, 4.69) is 40.0 Å². The van der Waals surface area contributed by atoms with Crippen molar-refractivity contribution in [3.05, 3.63) is 28.2 Å². The van der Waals surface area contributed by atoms with Crippen LogP contribution in [0.2, 0.25) is 0 Å². The SMILES string of the molecule is COc1ccc(CN(C)CC2CC(Cl)C2)cc1Br. The average molecular weight is 333 g/mol. The highest BCUT2D eigenvalue weighted by atomic mass is 79.9. The van der Waals surface area contributed by atoms with Crippen molar-refractivity contribution in [3.63, 3.8) is 0 Å². The lowest BCUT2D eigenvalue weighted by molar-refractivity contribution is 0.204. The number of halogens is 2. The molecule has 0 atom stereocenters. The van der Waals surface area contributed by atoms with E-state index in [1.165, 1.54) is 5.56 Å². The largest absolute Gasteiger partial charge is 0.496 e. The van der Waals surface area contributed by atoms with E-state index in [1.54, 1.807) is 7.11 Å². The highest BCUT2D eigenvalue weighted by Gasteiger charge is 2.27. The Kier molecular flexibility index (Phi) is 4.93. The van der Waals surface area contributed by atoms with Gasteiger partial charge in [0.2, 0.25) is 0 Å². The Balaban J connectivity index is 1.86. The van der Waals surface area contributed by atoms with Crippen LogP contribution in [0.1, 0.15) is 18.4 Å². The van der Waals surface area contributed by atoms with E-state index in [0.29, 0.717) is 5.38 Å². The summed E-state index contributed by atoms with van der Waals surface area (Å²) >= 11 is 9.52. The summed E-state index contributed by atoms with van der Waals surface area (Å²) < 4.78 is 6.25. The quantitative estimate of drug-likeness (QED) is 0.758. The predicted molar refractivity (Wildman–Crippen MR) is 79.4 cm³/mol. The second-order valence-electron chi connectivity index (χ2n) is 5.10. The second kappa shape index (κ2) is 6.27. The number of rotatable bonds is 5. The molecular weight excluding hydrogens is 314 g/mol. The number of alkyl halides is 1. The van der Waals surface area contributed by atoms with E-state index in [4.69, 9.17) is 16.3 Å². The summed E-state index contributed by atoms with van der Waals surface area (Å²) in [6, 6.07) is 6.25. The van der Waals surface area contributed by atoms with Crippen molar-refractivity contribution in [3.8, 4) is 5.75 Å². The van der Waals surface area contributed by atoms with E-state index < -0.39 is 0 Å². The minimum absolute atomic E-state index is 0.415. The van der Waals surface area contributed by atoms with Gasteiger partial charge in [0, 0.05) is 18.5 Å². The van der Waals surface area contributed by atoms with Gasteiger partial charge in [0.1, 0.15) is 5.75 Å². The smallest absolute Gasteiger partial charge is 0.133 e. The first kappa shape index (κ1) is 14.2. The fourth-order valence-electron chi connectivity index (χ4n) is 2.43. The molecule has 1 fully saturated rings. The summed E-state index contributed by atoms with van der Waals surface area (Å²) in [4.78, 5) is 2.36. The molecule has 0 bridgehead atoms. The Bertz CT molecular complexity index is 407. The minimum atomic E-state index is 0.415. The van der Waals surface area contributed by atoms with Crippen LogP contribution < -0.4 is 4.74 Å². The molecule has 2 nitrogen and oxygen atoms in total. The number of ether oxygens (including phenoxy) is 1. The molecule has 0 N–H and O–H groups in total. The molecule has 2 rings (SSSR count). The molecule has 0 aliphatic heterocycles. The van der Waals surface area contributed by atoms with Crippen molar-refractivity contribution >= 4 is 27.5 Å². The summed E-state index contributed by atoms with van der Waals surface area (Å²) in [5, 5.41) is 0.415. The van der Waals surface area contributed by atoms with Crippen LogP contribution in [-0.4, -0.2) is 31.0 Å². The molecule has 0 radical (unpaired) electrons. The molecule has 1 aromatic rings. The van der Waals surface area contributed by atoms with E-state index in [1.807, 2.05) is 6.07 Å². The second-order valence-corrected chi connectivity index (χ2v) is 6.57. The third-order valence-electron chi connectivity index (χ3n) is 3.42. The molecule has 1 aliphatic rings. The van der Waals surface area contributed by atoms with E-state index in [9.17, 15) is 0 Å². The van der Waals surface area contributed by atoms with Gasteiger partial charge < -0.3 is 9.64 Å². The van der Waals surface area contributed by atoms with Crippen LogP contribution in [0, 0.1) is 5.92 Å². The average Bonchev–Trinajstić information content (AvgIpc) is 2.27. The van der Waals surface area contributed by atoms with Crippen LogP contribution in [0.15, 0.2) is 22.7 Å². The molecule has 0 spiro atoms. The van der Waals surface area contributed by atoms with E-state index >= 15 is 0 Å². The third kappa shape index (κ3) is 3.62. The van der Waals surface area contributed by atoms with Crippen LogP contribution in [0.25, 0.3) is 0 Å². The highest BCUT2D eigenvalue weighted by Crippen LogP contribution is 2.32. The molecule has 0 aromatic heterocycles. The lowest BCUT2D eigenvalue weighted by Crippen LogP contribution is -2.34. The summed E-state index contributed by atoms with van der Waals surface area (Å²) in [6.45, 7) is 2.10. The van der Waals surface area contributed by atoms with Gasteiger partial charge in [0.05, 0.1) is 11.6 Å². The summed E-state index contributed by atoms with van der Waals surface area (Å²) in [7, 11) is 3.85. The number of methoxy groups -OCH3 is 1. The zero-order valence-corrected chi connectivity index (χ0v) is 13.2. The number of benzene rings is 1. The van der Waals surface area contributed by atoms with Gasteiger partial charge in [-0.25, -0.2) is 0 Å².